The van der Waals surface area contributed by atoms with Gasteiger partial charge in [0.1, 0.15) is 18.1 Å². The average Bonchev–Trinajstić information content (AvgIpc) is 4.00. The molecule has 0 unspecified atom stereocenters. The van der Waals surface area contributed by atoms with Crippen LogP contribution in [0.3, 0.4) is 0 Å². The third-order valence-corrected chi connectivity index (χ3v) is 16.1. The molecule has 0 spiro atoms. The zero-order valence-corrected chi connectivity index (χ0v) is 45.1. The summed E-state index contributed by atoms with van der Waals surface area (Å²) in [6, 6.07) is 23.6. The van der Waals surface area contributed by atoms with Gasteiger partial charge in [0.25, 0.3) is 0 Å². The van der Waals surface area contributed by atoms with Gasteiger partial charge in [-0.3, -0.25) is 33.9 Å². The molecule has 5 aromatic rings. The molecule has 406 valence electrons. The monoisotopic (exact) mass is 1110 g/mol. The van der Waals surface area contributed by atoms with Gasteiger partial charge >= 0.3 is 12.1 Å². The maximum Gasteiger partial charge on any atom is 0.411 e. The normalized spacial score (nSPS) is 16.5. The minimum Gasteiger partial charge on any atom is -0.444 e. The topological polar surface area (TPSA) is 264 Å². The van der Waals surface area contributed by atoms with E-state index in [0.717, 1.165) is 51.9 Å². The smallest absolute Gasteiger partial charge is 0.411 e. The molecule has 77 heavy (non-hydrogen) atoms. The number of carbonyl (C=O) groups excluding carboxylic acids is 7. The number of unbranched alkanes of at least 4 members (excludes halogenated alkanes) is 2. The number of nitrogens with zero attached hydrogens (tertiary/aromatic N) is 2. The molecule has 5 aromatic carbocycles. The number of nitrogens with one attached hydrogen (secondary N) is 5. The highest BCUT2D eigenvalue weighted by molar-refractivity contribution is 7.35. The SMILES string of the molecule is NCCCCCNC(=O)C1(C(=O)N[C@@H](CCCNC(N)=O)C(=O)Nc2ccc(COC(=O)Nc3cc4c(c5ccccc35)[C@H](CCl)CN4C(=O)CCCC(=O)N3C[C@@H](CCl)c4c3cc(P=O)c3ccccc43)cc2)CCC1. The lowest BCUT2D eigenvalue weighted by Crippen LogP contribution is -2.58. The van der Waals surface area contributed by atoms with E-state index >= 15 is 0 Å². The number of rotatable bonds is 24. The van der Waals surface area contributed by atoms with Crippen LogP contribution < -0.4 is 53.2 Å². The van der Waals surface area contributed by atoms with E-state index in [2.05, 4.69) is 26.6 Å². The lowest BCUT2D eigenvalue weighted by Gasteiger charge is -2.39. The molecule has 3 aliphatic rings. The summed E-state index contributed by atoms with van der Waals surface area (Å²) in [6.07, 6.45) is 3.99. The summed E-state index contributed by atoms with van der Waals surface area (Å²) in [4.78, 5) is 96.9. The Morgan fingerprint density at radius 3 is 1.88 bits per heavy atom. The Hall–Kier alpha value is -6.85. The van der Waals surface area contributed by atoms with E-state index in [0.29, 0.717) is 91.4 Å². The van der Waals surface area contributed by atoms with Gasteiger partial charge in [0.2, 0.25) is 29.5 Å². The van der Waals surface area contributed by atoms with Crippen molar-refractivity contribution in [2.75, 3.05) is 64.9 Å². The molecule has 2 heterocycles. The van der Waals surface area contributed by atoms with Crippen molar-refractivity contribution in [1.29, 1.82) is 0 Å². The van der Waals surface area contributed by atoms with E-state index in [-0.39, 0.29) is 82.7 Å². The summed E-state index contributed by atoms with van der Waals surface area (Å²) in [6.45, 7) is 1.72. The number of carbonyl (C=O) groups is 7. The molecule has 0 radical (unpaired) electrons. The number of halogens is 2. The van der Waals surface area contributed by atoms with Crippen molar-refractivity contribution in [2.24, 2.45) is 16.9 Å². The molecular weight excluding hydrogens is 1040 g/mol. The zero-order valence-electron chi connectivity index (χ0n) is 42.7. The summed E-state index contributed by atoms with van der Waals surface area (Å²) in [5.74, 6) is -1.52. The Bertz CT molecular complexity index is 3050. The molecule has 1 aliphatic carbocycles. The second-order valence-electron chi connectivity index (χ2n) is 19.8. The maximum absolute atomic E-state index is 14.1. The minimum absolute atomic E-state index is 0.0762. The van der Waals surface area contributed by atoms with Crippen LogP contribution in [0.2, 0.25) is 0 Å². The fraction of sp³-hybridized carbons (Fsp3) is 0.411. The van der Waals surface area contributed by atoms with Gasteiger partial charge in [0.05, 0.1) is 11.0 Å². The van der Waals surface area contributed by atoms with Crippen LogP contribution in [0.4, 0.5) is 32.3 Å². The molecule has 0 bridgehead atoms. The molecule has 2 aliphatic heterocycles. The molecule has 1 fully saturated rings. The van der Waals surface area contributed by atoms with Crippen molar-refractivity contribution in [2.45, 2.75) is 95.1 Å². The number of hydrogen-bond donors (Lipinski definition) is 7. The van der Waals surface area contributed by atoms with Crippen molar-refractivity contribution in [3.8, 4) is 0 Å². The van der Waals surface area contributed by atoms with Gasteiger partial charge in [0.15, 0.2) is 8.46 Å². The first-order chi connectivity index (χ1) is 37.3. The van der Waals surface area contributed by atoms with E-state index in [1.165, 1.54) is 0 Å². The van der Waals surface area contributed by atoms with Crippen LogP contribution >= 0.6 is 31.7 Å². The van der Waals surface area contributed by atoms with Crippen molar-refractivity contribution < 1.29 is 42.9 Å². The largest absolute Gasteiger partial charge is 0.444 e. The third kappa shape index (κ3) is 12.8. The number of ether oxygens (including phenoxy) is 1. The molecule has 21 heteroatoms. The fourth-order valence-electron chi connectivity index (χ4n) is 10.6. The maximum atomic E-state index is 14.1. The first-order valence-electron chi connectivity index (χ1n) is 26.1. The van der Waals surface area contributed by atoms with Crippen LogP contribution in [-0.4, -0.2) is 92.2 Å². The Kier molecular flexibility index (Phi) is 19.0. The number of benzene rings is 5. The molecular formula is C56H64Cl2N9O9P. The Balaban J connectivity index is 0.882. The molecule has 3 atom stereocenters. The van der Waals surface area contributed by atoms with Crippen molar-refractivity contribution in [3.63, 3.8) is 0 Å². The Labute approximate surface area is 458 Å². The second kappa shape index (κ2) is 26.0. The van der Waals surface area contributed by atoms with E-state index in [9.17, 15) is 38.1 Å². The third-order valence-electron chi connectivity index (χ3n) is 14.8. The zero-order chi connectivity index (χ0) is 54.6. The summed E-state index contributed by atoms with van der Waals surface area (Å²) in [5.41, 5.74) is 14.1. The van der Waals surface area contributed by atoms with Gasteiger partial charge in [-0.25, -0.2) is 9.59 Å². The first kappa shape index (κ1) is 56.4. The number of urea groups is 1. The van der Waals surface area contributed by atoms with E-state index in [1.54, 1.807) is 46.2 Å². The average molecular weight is 1110 g/mol. The lowest BCUT2D eigenvalue weighted by atomic mass is 9.67. The van der Waals surface area contributed by atoms with Gasteiger partial charge in [-0.1, -0.05) is 73.5 Å². The van der Waals surface area contributed by atoms with Crippen LogP contribution in [-0.2, 0) is 39.9 Å². The fourth-order valence-corrected chi connectivity index (χ4v) is 11.6. The van der Waals surface area contributed by atoms with Crippen LogP contribution in [0, 0.1) is 5.41 Å². The number of alkyl halides is 2. The van der Waals surface area contributed by atoms with Crippen molar-refractivity contribution in [1.82, 2.24) is 16.0 Å². The van der Waals surface area contributed by atoms with Gasteiger partial charge in [-0.2, -0.15) is 0 Å². The molecule has 0 saturated heterocycles. The number of primary amides is 1. The molecule has 1 saturated carbocycles. The van der Waals surface area contributed by atoms with Crippen LogP contribution in [0.1, 0.15) is 99.2 Å². The summed E-state index contributed by atoms with van der Waals surface area (Å²) >= 11 is 13.0. The highest BCUT2D eigenvalue weighted by atomic mass is 35.5. The quantitative estimate of drug-likeness (QED) is 0.0135. The minimum atomic E-state index is -1.28. The van der Waals surface area contributed by atoms with Crippen molar-refractivity contribution in [3.05, 3.63) is 102 Å². The number of hydrogen-bond acceptors (Lipinski definition) is 10. The van der Waals surface area contributed by atoms with E-state index < -0.39 is 35.4 Å². The van der Waals surface area contributed by atoms with Crippen LogP contribution in [0.5, 0.6) is 0 Å². The predicted molar refractivity (Wildman–Crippen MR) is 300 cm³/mol. The number of fused-ring (bicyclic) bond motifs is 6. The predicted octanol–water partition coefficient (Wildman–Crippen LogP) is 8.15. The molecule has 9 N–H and O–H groups in total. The Morgan fingerprint density at radius 2 is 1.30 bits per heavy atom. The number of anilines is 4. The van der Waals surface area contributed by atoms with Crippen LogP contribution in [0.25, 0.3) is 21.5 Å². The molecule has 18 nitrogen and oxygen atoms in total. The van der Waals surface area contributed by atoms with E-state index in [1.807, 2.05) is 48.5 Å². The van der Waals surface area contributed by atoms with Gasteiger partial charge < -0.3 is 47.3 Å². The van der Waals surface area contributed by atoms with Crippen LogP contribution in [0.15, 0.2) is 84.9 Å². The molecule has 8 rings (SSSR count). The van der Waals surface area contributed by atoms with Gasteiger partial charge in [0, 0.05) is 85.1 Å². The first-order valence-corrected chi connectivity index (χ1v) is 28.0. The molecule has 0 aromatic heterocycles. The highest BCUT2D eigenvalue weighted by Crippen LogP contribution is 2.46. The second-order valence-corrected chi connectivity index (χ2v) is 21.1. The lowest BCUT2D eigenvalue weighted by molar-refractivity contribution is -0.151. The summed E-state index contributed by atoms with van der Waals surface area (Å²) in [7, 11) is -0.156. The standard InChI is InChI=1S/C56H64Cl2N9O9P/c57-29-35-31-66(47(68)16-8-17-48(69)67-32-36(30-58)50-41-14-5-3-12-39(41)46(77-75)28-45(50)67)44-27-43(38-11-2-4-13-40(38)49(35)44)65-55(74)76-33-34-18-20-37(21-19-34)63-51(70)42(15-9-26-62-54(60)73)64-53(72)56(22-10-23-56)52(71)61-25-7-1-6-24-59/h2-5,11-14,18-21,27-28,35-36,42H,1,6-10,15-17,22-26,29-33,59H2,(H,61,71)(H,63,70)(H,64,72)(H,65,74)(H3,60,62,73)/t35-,36-,42+/m1/s1. The van der Waals surface area contributed by atoms with Gasteiger partial charge in [-0.05, 0) is 109 Å². The van der Waals surface area contributed by atoms with Crippen molar-refractivity contribution >= 4 is 123 Å². The molecule has 8 amide bonds. The summed E-state index contributed by atoms with van der Waals surface area (Å²) in [5, 5.41) is 17.8. The summed E-state index contributed by atoms with van der Waals surface area (Å²) < 4.78 is 17.9. The number of amides is 8. The number of nitrogens with two attached hydrogens (primary N) is 2. The van der Waals surface area contributed by atoms with E-state index in [4.69, 9.17) is 39.4 Å². The Morgan fingerprint density at radius 1 is 0.701 bits per heavy atom. The highest BCUT2D eigenvalue weighted by Gasteiger charge is 2.51. The van der Waals surface area contributed by atoms with Gasteiger partial charge in [-0.15, -0.1) is 23.2 Å².